The van der Waals surface area contributed by atoms with Gasteiger partial charge < -0.3 is 0 Å². The predicted molar refractivity (Wildman–Crippen MR) is 123 cm³/mol. The summed E-state index contributed by atoms with van der Waals surface area (Å²) in [6, 6.07) is 0. The van der Waals surface area contributed by atoms with Crippen LogP contribution in [0.3, 0.4) is 0 Å². The zero-order valence-corrected chi connectivity index (χ0v) is 19.5. The van der Waals surface area contributed by atoms with E-state index in [-0.39, 0.29) is 0 Å². The Hall–Kier alpha value is -0.195. The molecule has 1 heteroatoms. The second-order valence-corrected chi connectivity index (χ2v) is 12.3. The molecule has 0 bridgehead atoms. The molecule has 3 saturated carbocycles. The first-order valence-corrected chi connectivity index (χ1v) is 12.7. The largest absolute Gasteiger partial charge is 0.0845 e. The van der Waals surface area contributed by atoms with Crippen LogP contribution in [-0.4, -0.2) is 7.85 Å². The summed E-state index contributed by atoms with van der Waals surface area (Å²) in [7, 11) is 6.34. The first-order valence-electron chi connectivity index (χ1n) is 12.7. The summed E-state index contributed by atoms with van der Waals surface area (Å²) in [5.74, 6) is 6.05. The lowest BCUT2D eigenvalue weighted by Gasteiger charge is -2.58. The topological polar surface area (TPSA) is 0 Å². The van der Waals surface area contributed by atoms with Crippen LogP contribution in [0.5, 0.6) is 0 Å². The van der Waals surface area contributed by atoms with Crippen molar-refractivity contribution in [2.45, 2.75) is 111 Å². The van der Waals surface area contributed by atoms with E-state index in [1.54, 1.807) is 5.57 Å². The third kappa shape index (κ3) is 3.45. The first kappa shape index (κ1) is 21.1. The molecular formula is C27H45B. The summed E-state index contributed by atoms with van der Waals surface area (Å²) in [6.45, 7) is 12.7. The molecule has 0 aromatic carbocycles. The Bertz CT molecular complexity index is 591. The van der Waals surface area contributed by atoms with Gasteiger partial charge in [-0.1, -0.05) is 77.8 Å². The van der Waals surface area contributed by atoms with E-state index in [0.29, 0.717) is 16.6 Å². The average molecular weight is 380 g/mol. The molecular weight excluding hydrogens is 335 g/mol. The zero-order valence-electron chi connectivity index (χ0n) is 19.5. The van der Waals surface area contributed by atoms with Gasteiger partial charge in [-0.2, -0.15) is 0 Å². The summed E-state index contributed by atoms with van der Waals surface area (Å²) in [4.78, 5) is 0. The molecule has 4 rings (SSSR count). The Kier molecular flexibility index (Phi) is 5.87. The van der Waals surface area contributed by atoms with Gasteiger partial charge in [0, 0.05) is 0 Å². The highest BCUT2D eigenvalue weighted by Crippen LogP contribution is 2.67. The molecule has 0 saturated heterocycles. The van der Waals surface area contributed by atoms with Crippen LogP contribution in [0.4, 0.5) is 0 Å². The van der Waals surface area contributed by atoms with Gasteiger partial charge in [-0.15, -0.1) is 0 Å². The van der Waals surface area contributed by atoms with E-state index in [1.807, 2.05) is 0 Å². The van der Waals surface area contributed by atoms with E-state index in [2.05, 4.69) is 40.7 Å². The van der Waals surface area contributed by atoms with Crippen molar-refractivity contribution in [1.29, 1.82) is 0 Å². The van der Waals surface area contributed by atoms with E-state index in [4.69, 9.17) is 7.85 Å². The van der Waals surface area contributed by atoms with Crippen LogP contribution in [0, 0.1) is 46.3 Å². The Balaban J connectivity index is 1.49. The zero-order chi connectivity index (χ0) is 20.1. The minimum absolute atomic E-state index is 0.423. The lowest BCUT2D eigenvalue weighted by Crippen LogP contribution is -2.50. The van der Waals surface area contributed by atoms with Gasteiger partial charge in [0.15, 0.2) is 0 Å². The molecule has 0 aromatic rings. The minimum atomic E-state index is 0.423. The highest BCUT2D eigenvalue weighted by Gasteiger charge is 2.58. The van der Waals surface area contributed by atoms with Gasteiger partial charge in [-0.25, -0.2) is 0 Å². The van der Waals surface area contributed by atoms with Gasteiger partial charge in [-0.05, 0) is 91.3 Å². The maximum atomic E-state index is 6.34. The number of fused-ring (bicyclic) bond motifs is 5. The summed E-state index contributed by atoms with van der Waals surface area (Å²) in [5.41, 5.74) is 2.83. The van der Waals surface area contributed by atoms with Crippen LogP contribution in [-0.2, 0) is 0 Å². The lowest BCUT2D eigenvalue weighted by molar-refractivity contribution is -0.0499. The fourth-order valence-corrected chi connectivity index (χ4v) is 8.71. The Morgan fingerprint density at radius 1 is 1.00 bits per heavy atom. The van der Waals surface area contributed by atoms with Crippen molar-refractivity contribution in [1.82, 2.24) is 0 Å². The molecule has 0 heterocycles. The van der Waals surface area contributed by atoms with Gasteiger partial charge in [-0.3, -0.25) is 0 Å². The van der Waals surface area contributed by atoms with Crippen LogP contribution in [0.25, 0.3) is 0 Å². The molecule has 2 radical (unpaired) electrons. The van der Waals surface area contributed by atoms with E-state index in [9.17, 15) is 0 Å². The summed E-state index contributed by atoms with van der Waals surface area (Å²) in [6.07, 6.45) is 18.1. The molecule has 4 unspecified atom stereocenters. The fourth-order valence-electron chi connectivity index (χ4n) is 8.71. The molecule has 156 valence electrons. The van der Waals surface area contributed by atoms with Gasteiger partial charge in [0.05, 0.1) is 7.85 Å². The monoisotopic (exact) mass is 380 g/mol. The van der Waals surface area contributed by atoms with Gasteiger partial charge >= 0.3 is 0 Å². The number of hydrogen-bond donors (Lipinski definition) is 0. The second kappa shape index (κ2) is 7.81. The molecule has 3 fully saturated rings. The SMILES string of the molecule is [B][C@H]1CC[C@@]2(C)C(=CCC3C4CCC([C@H](C)CCCC(C)C)[C@@]4(C)CCC32)C1. The Morgan fingerprint density at radius 2 is 1.79 bits per heavy atom. The normalized spacial score (nSPS) is 46.5. The van der Waals surface area contributed by atoms with Crippen LogP contribution in [0.2, 0.25) is 5.82 Å². The van der Waals surface area contributed by atoms with E-state index >= 15 is 0 Å². The number of hydrogen-bond acceptors (Lipinski definition) is 0. The third-order valence-corrected chi connectivity index (χ3v) is 10.3. The summed E-state index contributed by atoms with van der Waals surface area (Å²) < 4.78 is 0. The Morgan fingerprint density at radius 3 is 2.54 bits per heavy atom. The van der Waals surface area contributed by atoms with Crippen LogP contribution >= 0.6 is 0 Å². The molecule has 0 aromatic heterocycles. The quantitative estimate of drug-likeness (QED) is 0.335. The molecule has 0 amide bonds. The van der Waals surface area contributed by atoms with E-state index in [1.165, 1.54) is 70.6 Å². The van der Waals surface area contributed by atoms with Crippen molar-refractivity contribution >= 4 is 7.85 Å². The smallest absolute Gasteiger partial charge is 0.0703 e. The van der Waals surface area contributed by atoms with Gasteiger partial charge in [0.2, 0.25) is 0 Å². The van der Waals surface area contributed by atoms with Gasteiger partial charge in [0.1, 0.15) is 0 Å². The van der Waals surface area contributed by atoms with Crippen molar-refractivity contribution in [3.05, 3.63) is 11.6 Å². The van der Waals surface area contributed by atoms with Crippen molar-refractivity contribution in [2.24, 2.45) is 46.3 Å². The Labute approximate surface area is 177 Å². The fraction of sp³-hybridized carbons (Fsp3) is 0.926. The first-order chi connectivity index (χ1) is 13.3. The minimum Gasteiger partial charge on any atom is -0.0845 e. The second-order valence-electron chi connectivity index (χ2n) is 12.3. The number of allylic oxidation sites excluding steroid dienone is 2. The maximum absolute atomic E-state index is 6.34. The molecule has 28 heavy (non-hydrogen) atoms. The molecule has 4 aliphatic carbocycles. The molecule has 0 N–H and O–H groups in total. The van der Waals surface area contributed by atoms with Crippen LogP contribution in [0.15, 0.2) is 11.6 Å². The molecule has 8 atom stereocenters. The maximum Gasteiger partial charge on any atom is 0.0703 e. The summed E-state index contributed by atoms with van der Waals surface area (Å²) >= 11 is 0. The molecule has 0 aliphatic heterocycles. The highest BCUT2D eigenvalue weighted by molar-refractivity contribution is 6.11. The standard InChI is InChI=1S/C27H45B/c1-18(2)7-6-8-19(3)23-11-12-24-22-10-9-20-17-21(28)13-15-26(20,4)25(22)14-16-27(23,24)5/h9,18-19,21-25H,6-8,10-17H2,1-5H3/t19-,21+,22?,23?,24?,25?,26+,27-/m1/s1. The highest BCUT2D eigenvalue weighted by atomic mass is 14.6. The van der Waals surface area contributed by atoms with Gasteiger partial charge in [0.25, 0.3) is 0 Å². The predicted octanol–water partition coefficient (Wildman–Crippen LogP) is 7.98. The van der Waals surface area contributed by atoms with Crippen molar-refractivity contribution in [2.75, 3.05) is 0 Å². The average Bonchev–Trinajstić information content (AvgIpc) is 2.99. The van der Waals surface area contributed by atoms with Crippen molar-refractivity contribution in [3.63, 3.8) is 0 Å². The van der Waals surface area contributed by atoms with Crippen molar-refractivity contribution in [3.8, 4) is 0 Å². The van der Waals surface area contributed by atoms with Crippen LogP contribution < -0.4 is 0 Å². The van der Waals surface area contributed by atoms with Crippen molar-refractivity contribution < 1.29 is 0 Å². The van der Waals surface area contributed by atoms with E-state index in [0.717, 1.165) is 35.5 Å². The lowest BCUT2D eigenvalue weighted by atomic mass is 9.46. The van der Waals surface area contributed by atoms with Crippen LogP contribution in [0.1, 0.15) is 105 Å². The molecule has 0 spiro atoms. The molecule has 4 aliphatic rings. The molecule has 0 nitrogen and oxygen atoms in total. The van der Waals surface area contributed by atoms with E-state index < -0.39 is 0 Å². The third-order valence-electron chi connectivity index (χ3n) is 10.3. The number of rotatable bonds is 5. The summed E-state index contributed by atoms with van der Waals surface area (Å²) in [5, 5.41) is 0.